The fourth-order valence-corrected chi connectivity index (χ4v) is 4.24. The third kappa shape index (κ3) is 2.00. The second-order valence-electron chi connectivity index (χ2n) is 4.74. The van der Waals surface area contributed by atoms with Gasteiger partial charge in [-0.15, -0.1) is 0 Å². The maximum absolute atomic E-state index is 12.9. The minimum absolute atomic E-state index is 0.0801. The monoisotopic (exact) mass is 299 g/mol. The minimum atomic E-state index is -3.91. The van der Waals surface area contributed by atoms with Crippen LogP contribution in [0.1, 0.15) is 12.8 Å². The fraction of sp³-hybridized carbons (Fsp3) is 0.462. The van der Waals surface area contributed by atoms with Crippen molar-refractivity contribution in [3.05, 3.63) is 30.1 Å². The van der Waals surface area contributed by atoms with Crippen molar-refractivity contribution in [1.29, 1.82) is 5.26 Å². The Hall–Kier alpha value is -1.49. The zero-order valence-electron chi connectivity index (χ0n) is 11.1. The third-order valence-corrected chi connectivity index (χ3v) is 6.00. The standard InChI is InChI=1S/C13H14FNO4S/c1-18-13(19-2)7-12(8-13,9-15)20(16,17)11-5-3-10(14)4-6-11/h3-6H,7-8H2,1-2H3. The summed E-state index contributed by atoms with van der Waals surface area (Å²) in [7, 11) is -1.11. The van der Waals surface area contributed by atoms with Crippen LogP contribution in [0.15, 0.2) is 29.2 Å². The summed E-state index contributed by atoms with van der Waals surface area (Å²) in [5.74, 6) is -1.59. The number of ether oxygens (including phenoxy) is 2. The maximum atomic E-state index is 12.9. The van der Waals surface area contributed by atoms with E-state index in [9.17, 15) is 18.1 Å². The van der Waals surface area contributed by atoms with Gasteiger partial charge >= 0.3 is 0 Å². The van der Waals surface area contributed by atoms with E-state index in [4.69, 9.17) is 9.47 Å². The van der Waals surface area contributed by atoms with Gasteiger partial charge in [0.05, 0.1) is 11.0 Å². The molecule has 0 spiro atoms. The first-order valence-corrected chi connectivity index (χ1v) is 7.35. The van der Waals surface area contributed by atoms with E-state index in [1.807, 2.05) is 6.07 Å². The van der Waals surface area contributed by atoms with Crippen LogP contribution >= 0.6 is 0 Å². The van der Waals surface area contributed by atoms with E-state index in [0.29, 0.717) is 0 Å². The lowest BCUT2D eigenvalue weighted by Crippen LogP contribution is -2.61. The molecule has 0 heterocycles. The van der Waals surface area contributed by atoms with Gasteiger partial charge in [-0.3, -0.25) is 0 Å². The largest absolute Gasteiger partial charge is 0.353 e. The summed E-state index contributed by atoms with van der Waals surface area (Å²) in [6.07, 6.45) is -0.160. The summed E-state index contributed by atoms with van der Waals surface area (Å²) in [5, 5.41) is 9.30. The molecule has 0 N–H and O–H groups in total. The highest BCUT2D eigenvalue weighted by Crippen LogP contribution is 2.50. The molecular formula is C13H14FNO4S. The van der Waals surface area contributed by atoms with Gasteiger partial charge in [-0.2, -0.15) is 5.26 Å². The molecule has 1 aliphatic rings. The summed E-state index contributed by atoms with van der Waals surface area (Å²) >= 11 is 0. The van der Waals surface area contributed by atoms with E-state index in [0.717, 1.165) is 24.3 Å². The average Bonchev–Trinajstić information content (AvgIpc) is 2.40. The predicted molar refractivity (Wildman–Crippen MR) is 67.9 cm³/mol. The van der Waals surface area contributed by atoms with Crippen molar-refractivity contribution in [2.45, 2.75) is 28.3 Å². The summed E-state index contributed by atoms with van der Waals surface area (Å²) in [4.78, 5) is -0.0822. The van der Waals surface area contributed by atoms with Gasteiger partial charge in [-0.25, -0.2) is 12.8 Å². The van der Waals surface area contributed by atoms with Gasteiger partial charge in [0.25, 0.3) is 0 Å². The van der Waals surface area contributed by atoms with Crippen molar-refractivity contribution in [2.75, 3.05) is 14.2 Å². The van der Waals surface area contributed by atoms with E-state index in [-0.39, 0.29) is 17.7 Å². The number of hydrogen-bond acceptors (Lipinski definition) is 5. The van der Waals surface area contributed by atoms with Gasteiger partial charge in [-0.1, -0.05) is 0 Å². The van der Waals surface area contributed by atoms with Crippen LogP contribution < -0.4 is 0 Å². The molecule has 0 saturated heterocycles. The predicted octanol–water partition coefficient (Wildman–Crippen LogP) is 1.64. The highest BCUT2D eigenvalue weighted by Gasteiger charge is 2.64. The molecule has 0 aromatic heterocycles. The number of sulfone groups is 1. The van der Waals surface area contributed by atoms with Crippen molar-refractivity contribution in [1.82, 2.24) is 0 Å². The van der Waals surface area contributed by atoms with Crippen molar-refractivity contribution in [3.8, 4) is 6.07 Å². The second kappa shape index (κ2) is 4.81. The molecule has 2 rings (SSSR count). The molecule has 1 aromatic carbocycles. The van der Waals surface area contributed by atoms with Crippen LogP contribution in [0, 0.1) is 17.1 Å². The molecule has 0 atom stereocenters. The van der Waals surface area contributed by atoms with Crippen LogP contribution in [0.5, 0.6) is 0 Å². The highest BCUT2D eigenvalue weighted by atomic mass is 32.2. The lowest BCUT2D eigenvalue weighted by molar-refractivity contribution is -0.256. The van der Waals surface area contributed by atoms with Gasteiger partial charge in [0.2, 0.25) is 0 Å². The van der Waals surface area contributed by atoms with E-state index < -0.39 is 26.2 Å². The first kappa shape index (κ1) is 14.9. The maximum Gasteiger partial charge on any atom is 0.197 e. The Labute approximate surface area is 116 Å². The van der Waals surface area contributed by atoms with Crippen LogP contribution in [0.3, 0.4) is 0 Å². The number of nitrogens with zero attached hydrogens (tertiary/aromatic N) is 1. The van der Waals surface area contributed by atoms with Crippen molar-refractivity contribution < 1.29 is 22.3 Å². The number of nitriles is 1. The Balaban J connectivity index is 2.39. The topological polar surface area (TPSA) is 76.4 Å². The molecule has 108 valence electrons. The third-order valence-electron chi connectivity index (χ3n) is 3.70. The lowest BCUT2D eigenvalue weighted by atomic mass is 9.78. The number of benzene rings is 1. The van der Waals surface area contributed by atoms with Gasteiger partial charge in [0.15, 0.2) is 20.4 Å². The first-order chi connectivity index (χ1) is 9.35. The Morgan fingerprint density at radius 3 is 2.10 bits per heavy atom. The number of halogens is 1. The van der Waals surface area contributed by atoms with Gasteiger partial charge in [0.1, 0.15) is 5.82 Å². The molecule has 1 aromatic rings. The molecule has 1 aliphatic carbocycles. The Bertz CT molecular complexity index is 636. The zero-order valence-corrected chi connectivity index (χ0v) is 11.9. The van der Waals surface area contributed by atoms with E-state index in [1.54, 1.807) is 0 Å². The molecule has 0 bridgehead atoms. The molecule has 0 aliphatic heterocycles. The van der Waals surface area contributed by atoms with Crippen molar-refractivity contribution >= 4 is 9.84 Å². The van der Waals surface area contributed by atoms with Gasteiger partial charge in [-0.05, 0) is 24.3 Å². The second-order valence-corrected chi connectivity index (χ2v) is 7.00. The van der Waals surface area contributed by atoms with Gasteiger partial charge < -0.3 is 9.47 Å². The van der Waals surface area contributed by atoms with Crippen LogP contribution in [0.2, 0.25) is 0 Å². The van der Waals surface area contributed by atoms with Crippen molar-refractivity contribution in [2.24, 2.45) is 0 Å². The van der Waals surface area contributed by atoms with E-state index >= 15 is 0 Å². The fourth-order valence-electron chi connectivity index (χ4n) is 2.36. The summed E-state index contributed by atoms with van der Waals surface area (Å²) in [5.41, 5.74) is 0. The number of hydrogen-bond donors (Lipinski definition) is 0. The molecule has 7 heteroatoms. The number of rotatable bonds is 4. The summed E-state index contributed by atoms with van der Waals surface area (Å²) < 4.78 is 46.6. The molecule has 0 unspecified atom stereocenters. The molecule has 5 nitrogen and oxygen atoms in total. The van der Waals surface area contributed by atoms with Crippen LogP contribution in [-0.2, 0) is 19.3 Å². The summed E-state index contributed by atoms with van der Waals surface area (Å²) in [6.45, 7) is 0. The number of methoxy groups -OCH3 is 2. The lowest BCUT2D eigenvalue weighted by Gasteiger charge is -2.49. The van der Waals surface area contributed by atoms with E-state index in [2.05, 4.69) is 0 Å². The quantitative estimate of drug-likeness (QED) is 0.624. The molecule has 1 fully saturated rings. The van der Waals surface area contributed by atoms with Crippen LogP contribution in [-0.4, -0.2) is 33.2 Å². The van der Waals surface area contributed by atoms with Crippen molar-refractivity contribution in [3.63, 3.8) is 0 Å². The van der Waals surface area contributed by atoms with E-state index in [1.165, 1.54) is 14.2 Å². The normalized spacial score (nSPS) is 19.9. The Morgan fingerprint density at radius 2 is 1.70 bits per heavy atom. The highest BCUT2D eigenvalue weighted by molar-refractivity contribution is 7.93. The zero-order chi connectivity index (χ0) is 15.0. The molecular weight excluding hydrogens is 285 g/mol. The minimum Gasteiger partial charge on any atom is -0.353 e. The summed E-state index contributed by atoms with van der Waals surface area (Å²) in [6, 6.07) is 6.27. The smallest absolute Gasteiger partial charge is 0.197 e. The van der Waals surface area contributed by atoms with Gasteiger partial charge in [0, 0.05) is 27.1 Å². The molecule has 1 saturated carbocycles. The molecule has 20 heavy (non-hydrogen) atoms. The first-order valence-electron chi connectivity index (χ1n) is 5.86. The van der Waals surface area contributed by atoms with Crippen LogP contribution in [0.4, 0.5) is 4.39 Å². The SMILES string of the molecule is COC1(OC)CC(C#N)(S(=O)(=O)c2ccc(F)cc2)C1. The molecule has 0 radical (unpaired) electrons. The Morgan fingerprint density at radius 1 is 1.20 bits per heavy atom. The average molecular weight is 299 g/mol. The van der Waals surface area contributed by atoms with Crippen LogP contribution in [0.25, 0.3) is 0 Å². The Kier molecular flexibility index (Phi) is 3.58. The molecule has 0 amide bonds.